The van der Waals surface area contributed by atoms with Crippen molar-refractivity contribution < 1.29 is 9.53 Å². The van der Waals surface area contributed by atoms with E-state index in [4.69, 9.17) is 10.5 Å². The highest BCUT2D eigenvalue weighted by atomic mass is 16.6. The molecule has 1 fully saturated rings. The molecule has 58 valence electrons. The van der Waals surface area contributed by atoms with E-state index in [0.717, 1.165) is 19.3 Å². The Labute approximate surface area is 60.5 Å². The third kappa shape index (κ3) is 1.70. The zero-order valence-electron chi connectivity index (χ0n) is 6.17. The van der Waals surface area contributed by atoms with Crippen LogP contribution in [0.3, 0.4) is 0 Å². The van der Waals surface area contributed by atoms with Crippen molar-refractivity contribution in [1.29, 1.82) is 0 Å². The first-order valence-corrected chi connectivity index (χ1v) is 3.70. The van der Waals surface area contributed by atoms with Gasteiger partial charge in [-0.05, 0) is 6.42 Å². The minimum Gasteiger partial charge on any atom is -0.367 e. The average molecular weight is 143 g/mol. The van der Waals surface area contributed by atoms with Crippen LogP contribution in [0.15, 0.2) is 0 Å². The monoisotopic (exact) mass is 143 g/mol. The van der Waals surface area contributed by atoms with Gasteiger partial charge in [-0.3, -0.25) is 4.79 Å². The zero-order chi connectivity index (χ0) is 7.56. The van der Waals surface area contributed by atoms with Crippen LogP contribution >= 0.6 is 0 Å². The molecule has 3 nitrogen and oxygen atoms in total. The largest absolute Gasteiger partial charge is 0.367 e. The van der Waals surface area contributed by atoms with Gasteiger partial charge in [0, 0.05) is 0 Å². The first-order chi connectivity index (χ1) is 4.75. The van der Waals surface area contributed by atoms with E-state index in [2.05, 4.69) is 6.92 Å². The fraction of sp³-hybridized carbons (Fsp3) is 0.857. The maximum absolute atomic E-state index is 10.4. The number of hydrogen-bond acceptors (Lipinski definition) is 2. The molecule has 1 rings (SSSR count). The Morgan fingerprint density at radius 2 is 2.40 bits per heavy atom. The molecule has 0 aromatic carbocycles. The van der Waals surface area contributed by atoms with Crippen LogP contribution in [0.1, 0.15) is 26.2 Å². The van der Waals surface area contributed by atoms with Crippen molar-refractivity contribution in [1.82, 2.24) is 0 Å². The van der Waals surface area contributed by atoms with Gasteiger partial charge < -0.3 is 10.5 Å². The lowest BCUT2D eigenvalue weighted by molar-refractivity contribution is -0.119. The van der Waals surface area contributed by atoms with Crippen molar-refractivity contribution in [2.24, 2.45) is 5.73 Å². The van der Waals surface area contributed by atoms with Crippen LogP contribution in [0.2, 0.25) is 0 Å². The molecule has 0 aliphatic carbocycles. The molecule has 0 radical (unpaired) electrons. The van der Waals surface area contributed by atoms with Gasteiger partial charge in [-0.1, -0.05) is 19.8 Å². The summed E-state index contributed by atoms with van der Waals surface area (Å²) < 4.78 is 5.01. The van der Waals surface area contributed by atoms with E-state index in [-0.39, 0.29) is 18.1 Å². The smallest absolute Gasteiger partial charge is 0.249 e. The summed E-state index contributed by atoms with van der Waals surface area (Å²) in [5.41, 5.74) is 5.00. The lowest BCUT2D eigenvalue weighted by Crippen LogP contribution is -2.19. The van der Waals surface area contributed by atoms with Gasteiger partial charge >= 0.3 is 0 Å². The Kier molecular flexibility index (Phi) is 2.27. The Balaban J connectivity index is 2.08. The number of nitrogens with two attached hydrogens (primary N) is 1. The summed E-state index contributed by atoms with van der Waals surface area (Å²) in [6.45, 7) is 2.11. The van der Waals surface area contributed by atoms with E-state index in [1.807, 2.05) is 0 Å². The summed E-state index contributed by atoms with van der Waals surface area (Å²) >= 11 is 0. The zero-order valence-corrected chi connectivity index (χ0v) is 6.17. The molecular weight excluding hydrogens is 130 g/mol. The van der Waals surface area contributed by atoms with Crippen LogP contribution in [-0.2, 0) is 9.53 Å². The fourth-order valence-electron chi connectivity index (χ4n) is 1.02. The van der Waals surface area contributed by atoms with Gasteiger partial charge in [0.05, 0.1) is 6.10 Å². The van der Waals surface area contributed by atoms with E-state index in [0.29, 0.717) is 0 Å². The second kappa shape index (κ2) is 3.01. The Bertz CT molecular complexity index is 136. The van der Waals surface area contributed by atoms with Crippen LogP contribution in [0.4, 0.5) is 0 Å². The highest BCUT2D eigenvalue weighted by molar-refractivity contribution is 5.81. The second-order valence-electron chi connectivity index (χ2n) is 2.64. The van der Waals surface area contributed by atoms with Gasteiger partial charge in [0.15, 0.2) is 6.10 Å². The van der Waals surface area contributed by atoms with E-state index >= 15 is 0 Å². The first-order valence-electron chi connectivity index (χ1n) is 3.70. The Hall–Kier alpha value is -0.570. The molecule has 0 bridgehead atoms. The minimum absolute atomic E-state index is 0.137. The molecule has 1 aliphatic rings. The number of rotatable bonds is 4. The van der Waals surface area contributed by atoms with E-state index < -0.39 is 0 Å². The van der Waals surface area contributed by atoms with Crippen molar-refractivity contribution in [2.45, 2.75) is 38.4 Å². The maximum Gasteiger partial charge on any atom is 0.249 e. The van der Waals surface area contributed by atoms with E-state index in [1.165, 1.54) is 0 Å². The summed E-state index contributed by atoms with van der Waals surface area (Å²) in [4.78, 5) is 10.4. The molecule has 3 heteroatoms. The molecule has 1 saturated heterocycles. The highest BCUT2D eigenvalue weighted by Gasteiger charge is 2.42. The van der Waals surface area contributed by atoms with Crippen molar-refractivity contribution >= 4 is 5.91 Å². The fourth-order valence-corrected chi connectivity index (χ4v) is 1.02. The summed E-state index contributed by atoms with van der Waals surface area (Å²) in [5, 5.41) is 0. The van der Waals surface area contributed by atoms with Crippen LogP contribution in [0, 0.1) is 0 Å². The average Bonchev–Trinajstić information content (AvgIpc) is 2.62. The first kappa shape index (κ1) is 7.54. The number of primary amides is 1. The molecule has 0 aromatic heterocycles. The van der Waals surface area contributed by atoms with Crippen molar-refractivity contribution in [3.05, 3.63) is 0 Å². The van der Waals surface area contributed by atoms with Crippen LogP contribution in [0.5, 0.6) is 0 Å². The minimum atomic E-state index is -0.318. The molecular formula is C7H13NO2. The summed E-state index contributed by atoms with van der Waals surface area (Å²) in [6.07, 6.45) is 3.10. The number of epoxide rings is 1. The Morgan fingerprint density at radius 3 is 2.80 bits per heavy atom. The summed E-state index contributed by atoms with van der Waals surface area (Å²) in [7, 11) is 0. The number of unbranched alkanes of at least 4 members (excludes halogenated alkanes) is 1. The number of carbonyl (C=O) groups excluding carboxylic acids is 1. The molecule has 10 heavy (non-hydrogen) atoms. The molecule has 0 spiro atoms. The van der Waals surface area contributed by atoms with Gasteiger partial charge in [0.2, 0.25) is 5.91 Å². The highest BCUT2D eigenvalue weighted by Crippen LogP contribution is 2.26. The van der Waals surface area contributed by atoms with Gasteiger partial charge in [0.1, 0.15) is 0 Å². The van der Waals surface area contributed by atoms with Gasteiger partial charge in [-0.25, -0.2) is 0 Å². The number of carbonyl (C=O) groups is 1. The number of hydrogen-bond donors (Lipinski definition) is 1. The molecule has 1 aliphatic heterocycles. The molecule has 2 atom stereocenters. The Morgan fingerprint density at radius 1 is 1.70 bits per heavy atom. The standard InChI is InChI=1S/C7H13NO2/c1-2-3-4-5-6(10-5)7(8)9/h5-6H,2-4H2,1H3,(H2,8,9). The third-order valence-electron chi connectivity index (χ3n) is 1.71. The summed E-state index contributed by atoms with van der Waals surface area (Å²) in [5.74, 6) is -0.318. The molecule has 0 saturated carbocycles. The third-order valence-corrected chi connectivity index (χ3v) is 1.71. The molecule has 2 unspecified atom stereocenters. The van der Waals surface area contributed by atoms with Gasteiger partial charge in [-0.2, -0.15) is 0 Å². The van der Waals surface area contributed by atoms with E-state index in [1.54, 1.807) is 0 Å². The van der Waals surface area contributed by atoms with Crippen LogP contribution in [0.25, 0.3) is 0 Å². The molecule has 1 amide bonds. The predicted octanol–water partition coefficient (Wildman–Crippen LogP) is 0.429. The summed E-state index contributed by atoms with van der Waals surface area (Å²) in [6, 6.07) is 0. The normalized spacial score (nSPS) is 30.1. The second-order valence-corrected chi connectivity index (χ2v) is 2.64. The molecule has 1 heterocycles. The van der Waals surface area contributed by atoms with Crippen LogP contribution < -0.4 is 5.73 Å². The SMILES string of the molecule is CCCCC1OC1C(N)=O. The predicted molar refractivity (Wildman–Crippen MR) is 37.4 cm³/mol. The number of ether oxygens (including phenoxy) is 1. The topological polar surface area (TPSA) is 55.6 Å². The van der Waals surface area contributed by atoms with Crippen LogP contribution in [-0.4, -0.2) is 18.1 Å². The maximum atomic E-state index is 10.4. The van der Waals surface area contributed by atoms with Gasteiger partial charge in [-0.15, -0.1) is 0 Å². The molecule has 2 N–H and O–H groups in total. The van der Waals surface area contributed by atoms with E-state index in [9.17, 15) is 4.79 Å². The van der Waals surface area contributed by atoms with Crippen molar-refractivity contribution in [3.63, 3.8) is 0 Å². The lowest BCUT2D eigenvalue weighted by atomic mass is 10.1. The van der Waals surface area contributed by atoms with Crippen molar-refractivity contribution in [3.8, 4) is 0 Å². The number of amides is 1. The quantitative estimate of drug-likeness (QED) is 0.580. The van der Waals surface area contributed by atoms with Crippen molar-refractivity contribution in [2.75, 3.05) is 0 Å². The molecule has 0 aromatic rings. The lowest BCUT2D eigenvalue weighted by Gasteiger charge is -1.88. The van der Waals surface area contributed by atoms with Gasteiger partial charge in [0.25, 0.3) is 0 Å².